The number of carbonyl (C=O) groups excluding carboxylic acids is 2. The molecule has 2 aromatic rings. The Hall–Kier alpha value is -2.83. The van der Waals surface area contributed by atoms with Gasteiger partial charge in [-0.2, -0.15) is 5.10 Å². The standard InChI is InChI=1S/C18H21N5O2/c24-17(12-6-4-5-7-12)20-16-14-10-23(11-15(14)21-22-16)18(25)19-13-8-2-1-3-9-13/h1-3,8-9,12H,4-7,10-11H2,(H,19,25)(H2,20,21,22,24). The van der Waals surface area contributed by atoms with Crippen LogP contribution >= 0.6 is 0 Å². The number of anilines is 2. The van der Waals surface area contributed by atoms with E-state index >= 15 is 0 Å². The minimum absolute atomic E-state index is 0.0407. The summed E-state index contributed by atoms with van der Waals surface area (Å²) in [5, 5.41) is 13.0. The number of rotatable bonds is 3. The van der Waals surface area contributed by atoms with Gasteiger partial charge in [-0.25, -0.2) is 4.79 Å². The third-order valence-corrected chi connectivity index (χ3v) is 4.93. The number of para-hydroxylation sites is 1. The van der Waals surface area contributed by atoms with Gasteiger partial charge in [0.2, 0.25) is 5.91 Å². The number of nitrogens with zero attached hydrogens (tertiary/aromatic N) is 2. The summed E-state index contributed by atoms with van der Waals surface area (Å²) in [6.07, 6.45) is 4.13. The first-order valence-electron chi connectivity index (χ1n) is 8.68. The number of hydrogen-bond donors (Lipinski definition) is 3. The molecule has 3 N–H and O–H groups in total. The molecule has 0 saturated heterocycles. The van der Waals surface area contributed by atoms with E-state index in [2.05, 4.69) is 20.8 Å². The van der Waals surface area contributed by atoms with Crippen LogP contribution in [0.25, 0.3) is 0 Å². The Balaban J connectivity index is 1.40. The molecule has 1 aliphatic carbocycles. The first-order valence-corrected chi connectivity index (χ1v) is 8.68. The van der Waals surface area contributed by atoms with Crippen molar-refractivity contribution in [3.63, 3.8) is 0 Å². The van der Waals surface area contributed by atoms with Crippen molar-refractivity contribution in [3.8, 4) is 0 Å². The van der Waals surface area contributed by atoms with Crippen LogP contribution in [0, 0.1) is 5.92 Å². The predicted octanol–water partition coefficient (Wildman–Crippen LogP) is 3.09. The molecule has 1 fully saturated rings. The Bertz CT molecular complexity index is 780. The summed E-state index contributed by atoms with van der Waals surface area (Å²) in [6.45, 7) is 0.894. The van der Waals surface area contributed by atoms with Crippen LogP contribution in [-0.2, 0) is 17.9 Å². The Morgan fingerprint density at radius 2 is 1.84 bits per heavy atom. The quantitative estimate of drug-likeness (QED) is 0.802. The van der Waals surface area contributed by atoms with Gasteiger partial charge in [0.05, 0.1) is 18.8 Å². The van der Waals surface area contributed by atoms with Gasteiger partial charge in [-0.3, -0.25) is 9.89 Å². The molecule has 1 aromatic heterocycles. The van der Waals surface area contributed by atoms with Crippen LogP contribution < -0.4 is 10.6 Å². The van der Waals surface area contributed by atoms with E-state index in [9.17, 15) is 9.59 Å². The lowest BCUT2D eigenvalue weighted by atomic mass is 10.1. The van der Waals surface area contributed by atoms with Gasteiger partial charge in [-0.15, -0.1) is 0 Å². The molecule has 1 aliphatic heterocycles. The zero-order chi connectivity index (χ0) is 17.2. The molecule has 0 spiro atoms. The molecule has 0 bridgehead atoms. The van der Waals surface area contributed by atoms with Gasteiger partial charge in [0.1, 0.15) is 0 Å². The lowest BCUT2D eigenvalue weighted by Gasteiger charge is -2.17. The van der Waals surface area contributed by atoms with Crippen LogP contribution in [0.4, 0.5) is 16.3 Å². The summed E-state index contributed by atoms with van der Waals surface area (Å²) in [7, 11) is 0. The average molecular weight is 339 g/mol. The van der Waals surface area contributed by atoms with Crippen molar-refractivity contribution in [2.45, 2.75) is 38.8 Å². The monoisotopic (exact) mass is 339 g/mol. The second-order valence-electron chi connectivity index (χ2n) is 6.65. The predicted molar refractivity (Wildman–Crippen MR) is 93.9 cm³/mol. The molecule has 7 nitrogen and oxygen atoms in total. The highest BCUT2D eigenvalue weighted by Crippen LogP contribution is 2.30. The average Bonchev–Trinajstić information content (AvgIpc) is 3.34. The molecule has 3 amide bonds. The topological polar surface area (TPSA) is 90.1 Å². The largest absolute Gasteiger partial charge is 0.322 e. The summed E-state index contributed by atoms with van der Waals surface area (Å²) in [5.41, 5.74) is 2.54. The number of hydrogen-bond acceptors (Lipinski definition) is 3. The van der Waals surface area contributed by atoms with Gasteiger partial charge in [0.15, 0.2) is 5.82 Å². The van der Waals surface area contributed by atoms with E-state index in [0.29, 0.717) is 18.9 Å². The molecule has 0 unspecified atom stereocenters. The molecule has 130 valence electrons. The smallest absolute Gasteiger partial charge is 0.314 e. The van der Waals surface area contributed by atoms with Gasteiger partial charge in [0, 0.05) is 17.2 Å². The molecular weight excluding hydrogens is 318 g/mol. The number of benzene rings is 1. The normalized spacial score (nSPS) is 16.7. The third kappa shape index (κ3) is 3.22. The molecule has 2 aliphatic rings. The number of urea groups is 1. The Morgan fingerprint density at radius 3 is 2.60 bits per heavy atom. The lowest BCUT2D eigenvalue weighted by Crippen LogP contribution is -2.30. The molecule has 2 heterocycles. The van der Waals surface area contributed by atoms with Crippen molar-refractivity contribution < 1.29 is 9.59 Å². The fraction of sp³-hybridized carbons (Fsp3) is 0.389. The zero-order valence-electron chi connectivity index (χ0n) is 13.9. The number of aromatic amines is 1. The molecule has 1 saturated carbocycles. The number of aromatic nitrogens is 2. The van der Waals surface area contributed by atoms with Crippen LogP contribution in [0.15, 0.2) is 30.3 Å². The molecule has 1 aromatic carbocycles. The van der Waals surface area contributed by atoms with Gasteiger partial charge >= 0.3 is 6.03 Å². The van der Waals surface area contributed by atoms with E-state index < -0.39 is 0 Å². The molecule has 4 rings (SSSR count). The maximum Gasteiger partial charge on any atom is 0.322 e. The summed E-state index contributed by atoms with van der Waals surface area (Å²) < 4.78 is 0. The Kier molecular flexibility index (Phi) is 4.13. The Morgan fingerprint density at radius 1 is 1.08 bits per heavy atom. The van der Waals surface area contributed by atoms with Crippen LogP contribution in [0.5, 0.6) is 0 Å². The second kappa shape index (κ2) is 6.58. The van der Waals surface area contributed by atoms with Crippen LogP contribution in [0.1, 0.15) is 36.9 Å². The van der Waals surface area contributed by atoms with Crippen LogP contribution in [-0.4, -0.2) is 27.0 Å². The van der Waals surface area contributed by atoms with Crippen molar-refractivity contribution >= 4 is 23.4 Å². The maximum atomic E-state index is 12.4. The number of H-pyrrole nitrogens is 1. The fourth-order valence-corrected chi connectivity index (χ4v) is 3.52. The molecule has 0 atom stereocenters. The minimum atomic E-state index is -0.163. The van der Waals surface area contributed by atoms with Gasteiger partial charge in [-0.05, 0) is 25.0 Å². The van der Waals surface area contributed by atoms with Gasteiger partial charge in [-0.1, -0.05) is 31.0 Å². The van der Waals surface area contributed by atoms with Crippen molar-refractivity contribution in [1.82, 2.24) is 15.1 Å². The van der Waals surface area contributed by atoms with E-state index in [4.69, 9.17) is 0 Å². The second-order valence-corrected chi connectivity index (χ2v) is 6.65. The molecule has 7 heteroatoms. The summed E-state index contributed by atoms with van der Waals surface area (Å²) >= 11 is 0. The van der Waals surface area contributed by atoms with Crippen molar-refractivity contribution in [1.29, 1.82) is 0 Å². The van der Waals surface area contributed by atoms with Crippen molar-refractivity contribution in [3.05, 3.63) is 41.6 Å². The van der Waals surface area contributed by atoms with E-state index in [-0.39, 0.29) is 17.9 Å². The van der Waals surface area contributed by atoms with Crippen LogP contribution in [0.3, 0.4) is 0 Å². The zero-order valence-corrected chi connectivity index (χ0v) is 13.9. The summed E-state index contributed by atoms with van der Waals surface area (Å²) in [5.74, 6) is 0.687. The number of carbonyl (C=O) groups is 2. The maximum absolute atomic E-state index is 12.4. The highest BCUT2D eigenvalue weighted by Gasteiger charge is 2.30. The third-order valence-electron chi connectivity index (χ3n) is 4.93. The first kappa shape index (κ1) is 15.7. The van der Waals surface area contributed by atoms with E-state index in [0.717, 1.165) is 42.6 Å². The van der Waals surface area contributed by atoms with Gasteiger partial charge < -0.3 is 15.5 Å². The highest BCUT2D eigenvalue weighted by molar-refractivity contribution is 5.93. The van der Waals surface area contributed by atoms with Crippen molar-refractivity contribution in [2.75, 3.05) is 10.6 Å². The fourth-order valence-electron chi connectivity index (χ4n) is 3.52. The highest BCUT2D eigenvalue weighted by atomic mass is 16.2. The van der Waals surface area contributed by atoms with Gasteiger partial charge in [0.25, 0.3) is 0 Å². The minimum Gasteiger partial charge on any atom is -0.314 e. The lowest BCUT2D eigenvalue weighted by molar-refractivity contribution is -0.119. The van der Waals surface area contributed by atoms with Crippen LogP contribution in [0.2, 0.25) is 0 Å². The summed E-state index contributed by atoms with van der Waals surface area (Å²) in [6, 6.07) is 9.19. The number of nitrogens with one attached hydrogen (secondary N) is 3. The van der Waals surface area contributed by atoms with Crippen molar-refractivity contribution in [2.24, 2.45) is 5.92 Å². The van der Waals surface area contributed by atoms with E-state index in [1.807, 2.05) is 30.3 Å². The first-order chi connectivity index (χ1) is 12.2. The number of amides is 3. The number of fused-ring (bicyclic) bond motifs is 1. The molecule has 25 heavy (non-hydrogen) atoms. The van der Waals surface area contributed by atoms with E-state index in [1.165, 1.54) is 0 Å². The van der Waals surface area contributed by atoms with E-state index in [1.54, 1.807) is 4.90 Å². The Labute approximate surface area is 145 Å². The molecule has 0 radical (unpaired) electrons. The molecular formula is C18H21N5O2. The summed E-state index contributed by atoms with van der Waals surface area (Å²) in [4.78, 5) is 26.4. The SMILES string of the molecule is O=C(Nc1n[nH]c2c1CN(C(=O)Nc1ccccc1)C2)C1CCCC1.